The van der Waals surface area contributed by atoms with Gasteiger partial charge in [-0.15, -0.1) is 11.8 Å². The zero-order valence-corrected chi connectivity index (χ0v) is 21.3. The number of ether oxygens (including phenoxy) is 1. The summed E-state index contributed by atoms with van der Waals surface area (Å²) >= 11 is 1.20. The number of phenols is 1. The van der Waals surface area contributed by atoms with Gasteiger partial charge in [-0.1, -0.05) is 46.7 Å². The van der Waals surface area contributed by atoms with E-state index in [1.54, 1.807) is 60.6 Å². The molecule has 1 fully saturated rings. The van der Waals surface area contributed by atoms with Gasteiger partial charge in [-0.05, 0) is 33.3 Å². The first-order valence-electron chi connectivity index (χ1n) is 10.4. The van der Waals surface area contributed by atoms with Gasteiger partial charge in [-0.2, -0.15) is 0 Å². The molecule has 2 rings (SSSR count). The molecule has 1 heterocycles. The van der Waals surface area contributed by atoms with Gasteiger partial charge < -0.3 is 19.8 Å². The van der Waals surface area contributed by atoms with E-state index in [0.29, 0.717) is 11.3 Å². The molecule has 0 aliphatic carbocycles. The van der Waals surface area contributed by atoms with E-state index in [2.05, 4.69) is 6.92 Å². The van der Waals surface area contributed by atoms with E-state index in [0.717, 1.165) is 12.2 Å². The highest BCUT2D eigenvalue weighted by Gasteiger charge is 2.55. The quantitative estimate of drug-likeness (QED) is 0.275. The maximum absolute atomic E-state index is 13.3. The lowest BCUT2D eigenvalue weighted by atomic mass is 9.97. The number of carboxylic acids is 1. The molecule has 10 heteroatoms. The van der Waals surface area contributed by atoms with Crippen LogP contribution in [0.15, 0.2) is 24.3 Å². The third kappa shape index (κ3) is 6.29. The van der Waals surface area contributed by atoms with E-state index < -0.39 is 28.3 Å². The predicted octanol–water partition coefficient (Wildman–Crippen LogP) is 4.34. The predicted molar refractivity (Wildman–Crippen MR) is 131 cm³/mol. The van der Waals surface area contributed by atoms with E-state index in [-0.39, 0.29) is 30.4 Å². The molecule has 7 nitrogen and oxygen atoms in total. The zero-order chi connectivity index (χ0) is 23.9. The molecular weight excluding hydrogens is 470 g/mol. The number of amides is 1. The summed E-state index contributed by atoms with van der Waals surface area (Å²) in [6.07, 6.45) is 1.18. The van der Waals surface area contributed by atoms with Gasteiger partial charge in [0.1, 0.15) is 18.4 Å². The summed E-state index contributed by atoms with van der Waals surface area (Å²) in [6.45, 7) is 6.99. The number of thioether (sulfide) groups is 1. The van der Waals surface area contributed by atoms with E-state index in [9.17, 15) is 24.6 Å². The Bertz CT molecular complexity index is 828. The van der Waals surface area contributed by atoms with Crippen molar-refractivity contribution in [3.8, 4) is 5.75 Å². The molecule has 1 saturated heterocycles. The van der Waals surface area contributed by atoms with E-state index in [4.69, 9.17) is 4.74 Å². The van der Waals surface area contributed by atoms with Crippen molar-refractivity contribution >= 4 is 51.2 Å². The highest BCUT2D eigenvalue weighted by molar-refractivity contribution is 8.76. The standard InChI is InChI=1S/C22H31NO6S3/c1-5-11-31-32-12-10-18(25)23-16(19(26)27)13-30-22(23,14-29-20(28)21(2,3)4)15-8-6-7-9-17(15)24/h6-9,16,24H,5,10-14H2,1-4H3,(H,26,27)/t16-,22?/m0/s1. The molecule has 1 aliphatic heterocycles. The van der Waals surface area contributed by atoms with Crippen LogP contribution in [0.2, 0.25) is 0 Å². The molecule has 1 unspecified atom stereocenters. The van der Waals surface area contributed by atoms with Gasteiger partial charge in [0.25, 0.3) is 0 Å². The molecule has 32 heavy (non-hydrogen) atoms. The number of hydrogen-bond donors (Lipinski definition) is 2. The van der Waals surface area contributed by atoms with Crippen LogP contribution in [0, 0.1) is 5.41 Å². The number of carbonyl (C=O) groups is 3. The molecule has 0 saturated carbocycles. The van der Waals surface area contributed by atoms with Gasteiger partial charge in [0.15, 0.2) is 4.87 Å². The molecular formula is C22H31NO6S3. The van der Waals surface area contributed by atoms with Gasteiger partial charge in [0.05, 0.1) is 5.41 Å². The number of esters is 1. The Hall–Kier alpha value is -1.52. The Morgan fingerprint density at radius 3 is 2.47 bits per heavy atom. The number of hydrogen-bond acceptors (Lipinski definition) is 8. The lowest BCUT2D eigenvalue weighted by molar-refractivity contribution is -0.160. The average Bonchev–Trinajstić information content (AvgIpc) is 3.12. The van der Waals surface area contributed by atoms with Crippen molar-refractivity contribution in [3.05, 3.63) is 29.8 Å². The van der Waals surface area contributed by atoms with Gasteiger partial charge in [-0.25, -0.2) is 4.79 Å². The molecule has 0 bridgehead atoms. The fraction of sp³-hybridized carbons (Fsp3) is 0.591. The van der Waals surface area contributed by atoms with E-state index in [1.807, 2.05) is 0 Å². The zero-order valence-electron chi connectivity index (χ0n) is 18.8. The Labute approximate surface area is 201 Å². The van der Waals surface area contributed by atoms with Crippen LogP contribution in [0.1, 0.15) is 46.1 Å². The Morgan fingerprint density at radius 2 is 1.88 bits per heavy atom. The molecule has 1 aromatic rings. The summed E-state index contributed by atoms with van der Waals surface area (Å²) < 4.78 is 5.60. The minimum atomic E-state index is -1.33. The summed E-state index contributed by atoms with van der Waals surface area (Å²) in [7, 11) is 3.25. The van der Waals surface area contributed by atoms with Crippen LogP contribution >= 0.6 is 33.3 Å². The number of rotatable bonds is 10. The fourth-order valence-corrected chi connectivity index (χ4v) is 6.88. The van der Waals surface area contributed by atoms with Gasteiger partial charge in [-0.3, -0.25) is 9.59 Å². The number of para-hydroxylation sites is 1. The van der Waals surface area contributed by atoms with Crippen molar-refractivity contribution in [3.63, 3.8) is 0 Å². The number of aromatic hydroxyl groups is 1. The van der Waals surface area contributed by atoms with E-state index >= 15 is 0 Å². The molecule has 0 radical (unpaired) electrons. The van der Waals surface area contributed by atoms with Crippen molar-refractivity contribution in [1.82, 2.24) is 4.90 Å². The largest absolute Gasteiger partial charge is 0.508 e. The Kier molecular flexibility index (Phi) is 9.66. The minimum absolute atomic E-state index is 0.0801. The second-order valence-corrected chi connectivity index (χ2v) is 12.4. The molecule has 178 valence electrons. The molecule has 2 atom stereocenters. The SMILES string of the molecule is CCCSSCCC(=O)N1[C@H](C(=O)O)CSC1(COC(=O)C(C)(C)C)c1ccccc1O. The van der Waals surface area contributed by atoms with Crippen molar-refractivity contribution in [2.45, 2.75) is 51.4 Å². The highest BCUT2D eigenvalue weighted by atomic mass is 33.1. The second-order valence-electron chi connectivity index (χ2n) is 8.45. The summed E-state index contributed by atoms with van der Waals surface area (Å²) in [5, 5.41) is 20.5. The first-order valence-corrected chi connectivity index (χ1v) is 13.9. The van der Waals surface area contributed by atoms with Gasteiger partial charge in [0.2, 0.25) is 5.91 Å². The topological polar surface area (TPSA) is 104 Å². The lowest BCUT2D eigenvalue weighted by Gasteiger charge is -2.39. The highest BCUT2D eigenvalue weighted by Crippen LogP contribution is 2.51. The van der Waals surface area contributed by atoms with Crippen LogP contribution in [0.3, 0.4) is 0 Å². The third-order valence-electron chi connectivity index (χ3n) is 4.84. The Morgan fingerprint density at radius 1 is 1.22 bits per heavy atom. The average molecular weight is 502 g/mol. The van der Waals surface area contributed by atoms with Crippen LogP contribution in [0.25, 0.3) is 0 Å². The number of phenolic OH excluding ortho intramolecular Hbond substituents is 1. The number of carbonyl (C=O) groups excluding carboxylic acids is 2. The van der Waals surface area contributed by atoms with Gasteiger partial charge in [0, 0.05) is 29.2 Å². The van der Waals surface area contributed by atoms with Crippen molar-refractivity contribution in [2.24, 2.45) is 5.41 Å². The van der Waals surface area contributed by atoms with Crippen LogP contribution in [-0.2, 0) is 24.0 Å². The number of benzene rings is 1. The minimum Gasteiger partial charge on any atom is -0.508 e. The Balaban J connectivity index is 2.41. The van der Waals surface area contributed by atoms with Crippen LogP contribution < -0.4 is 0 Å². The monoisotopic (exact) mass is 501 g/mol. The fourth-order valence-electron chi connectivity index (χ4n) is 3.20. The number of carboxylic acid groups (broad SMARTS) is 1. The van der Waals surface area contributed by atoms with Crippen molar-refractivity contribution in [1.29, 1.82) is 0 Å². The maximum Gasteiger partial charge on any atom is 0.327 e. The van der Waals surface area contributed by atoms with Gasteiger partial charge >= 0.3 is 11.9 Å². The maximum atomic E-state index is 13.3. The first-order chi connectivity index (χ1) is 15.0. The molecule has 1 amide bonds. The van der Waals surface area contributed by atoms with Crippen molar-refractivity contribution < 1.29 is 29.3 Å². The lowest BCUT2D eigenvalue weighted by Crippen LogP contribution is -2.53. The van der Waals surface area contributed by atoms with Crippen LogP contribution in [0.4, 0.5) is 0 Å². The summed E-state index contributed by atoms with van der Waals surface area (Å²) in [6, 6.07) is 5.39. The van der Waals surface area contributed by atoms with Crippen LogP contribution in [0.5, 0.6) is 5.75 Å². The normalized spacial score (nSPS) is 20.9. The molecule has 2 N–H and O–H groups in total. The second kappa shape index (κ2) is 11.6. The molecule has 1 aliphatic rings. The smallest absolute Gasteiger partial charge is 0.327 e. The summed E-state index contributed by atoms with van der Waals surface area (Å²) in [5.41, 5.74) is -0.408. The molecule has 1 aromatic carbocycles. The summed E-state index contributed by atoms with van der Waals surface area (Å²) in [5.74, 6) is -0.383. The van der Waals surface area contributed by atoms with E-state index in [1.165, 1.54) is 22.7 Å². The molecule has 0 aromatic heterocycles. The number of nitrogens with zero attached hydrogens (tertiary/aromatic N) is 1. The van der Waals surface area contributed by atoms with Crippen molar-refractivity contribution in [2.75, 3.05) is 23.9 Å². The van der Waals surface area contributed by atoms with Crippen LogP contribution in [-0.4, -0.2) is 62.9 Å². The molecule has 0 spiro atoms. The third-order valence-corrected chi connectivity index (χ3v) is 8.95. The number of aliphatic carboxylic acids is 1. The summed E-state index contributed by atoms with van der Waals surface area (Å²) in [4.78, 5) is 37.9. The first kappa shape index (κ1) is 26.7.